The lowest BCUT2D eigenvalue weighted by Gasteiger charge is -2.29. The molecule has 142 valence electrons. The smallest absolute Gasteiger partial charge is 0.251 e. The number of benzene rings is 1. The highest BCUT2D eigenvalue weighted by molar-refractivity contribution is 5.94. The molecule has 1 heterocycles. The Morgan fingerprint density at radius 3 is 2.12 bits per heavy atom. The average Bonchev–Trinajstić information content (AvgIpc) is 3.18. The number of carbonyl (C=O) groups excluding carboxylic acids is 2. The molecule has 1 saturated heterocycles. The van der Waals surface area contributed by atoms with Gasteiger partial charge in [0, 0.05) is 49.4 Å². The summed E-state index contributed by atoms with van der Waals surface area (Å²) in [7, 11) is 0. The summed E-state index contributed by atoms with van der Waals surface area (Å²) in [4.78, 5) is 26.5. The third kappa shape index (κ3) is 4.97. The molecule has 4 N–H and O–H groups in total. The van der Waals surface area contributed by atoms with E-state index < -0.39 is 0 Å². The first-order valence-corrected chi connectivity index (χ1v) is 9.81. The first-order valence-electron chi connectivity index (χ1n) is 9.81. The van der Waals surface area contributed by atoms with Gasteiger partial charge in [-0.05, 0) is 62.8 Å². The van der Waals surface area contributed by atoms with Crippen LogP contribution in [0.1, 0.15) is 55.3 Å². The Balaban J connectivity index is 1.44. The Morgan fingerprint density at radius 2 is 1.54 bits per heavy atom. The minimum atomic E-state index is -0.00594. The maximum atomic E-state index is 12.5. The molecule has 6 nitrogen and oxygen atoms in total. The molecular formula is C20H30N4O2. The van der Waals surface area contributed by atoms with Gasteiger partial charge in [0.25, 0.3) is 5.91 Å². The Morgan fingerprint density at radius 1 is 0.962 bits per heavy atom. The van der Waals surface area contributed by atoms with Crippen LogP contribution in [0.3, 0.4) is 0 Å². The molecule has 0 radical (unpaired) electrons. The van der Waals surface area contributed by atoms with E-state index in [0.717, 1.165) is 38.8 Å². The minimum Gasteiger partial charge on any atom is -0.372 e. The van der Waals surface area contributed by atoms with Gasteiger partial charge in [-0.1, -0.05) is 0 Å². The van der Waals surface area contributed by atoms with E-state index in [-0.39, 0.29) is 23.9 Å². The average molecular weight is 358 g/mol. The molecule has 1 aliphatic carbocycles. The second-order valence-corrected chi connectivity index (χ2v) is 7.37. The SMILES string of the molecule is NCCC(=O)NC1CCC(NC(=O)c2ccc(N3CCCC3)cc2)CC1. The van der Waals surface area contributed by atoms with Crippen LogP contribution in [-0.4, -0.2) is 43.5 Å². The fourth-order valence-electron chi connectivity index (χ4n) is 3.88. The van der Waals surface area contributed by atoms with Gasteiger partial charge in [-0.3, -0.25) is 9.59 Å². The van der Waals surface area contributed by atoms with E-state index in [1.807, 2.05) is 24.3 Å². The molecule has 2 fully saturated rings. The number of nitrogens with zero attached hydrogens (tertiary/aromatic N) is 1. The Labute approximate surface area is 155 Å². The number of nitrogens with two attached hydrogens (primary N) is 1. The van der Waals surface area contributed by atoms with Gasteiger partial charge in [-0.2, -0.15) is 0 Å². The molecule has 2 aliphatic rings. The third-order valence-electron chi connectivity index (χ3n) is 5.40. The van der Waals surface area contributed by atoms with E-state index in [4.69, 9.17) is 5.73 Å². The summed E-state index contributed by atoms with van der Waals surface area (Å²) in [5, 5.41) is 6.16. The molecule has 0 aromatic heterocycles. The zero-order valence-electron chi connectivity index (χ0n) is 15.4. The molecule has 0 unspecified atom stereocenters. The topological polar surface area (TPSA) is 87.5 Å². The summed E-state index contributed by atoms with van der Waals surface area (Å²) in [5.74, 6) is 0.0201. The van der Waals surface area contributed by atoms with Gasteiger partial charge in [-0.15, -0.1) is 0 Å². The van der Waals surface area contributed by atoms with Crippen LogP contribution >= 0.6 is 0 Å². The van der Waals surface area contributed by atoms with Crippen molar-refractivity contribution in [1.82, 2.24) is 10.6 Å². The van der Waals surface area contributed by atoms with Gasteiger partial charge >= 0.3 is 0 Å². The molecule has 6 heteroatoms. The zero-order chi connectivity index (χ0) is 18.4. The summed E-state index contributed by atoms with van der Waals surface area (Å²) in [5.41, 5.74) is 7.32. The minimum absolute atomic E-state index is 0.00594. The van der Waals surface area contributed by atoms with E-state index in [0.29, 0.717) is 18.5 Å². The number of rotatable bonds is 6. The first-order chi connectivity index (χ1) is 12.7. The zero-order valence-corrected chi connectivity index (χ0v) is 15.4. The van der Waals surface area contributed by atoms with Crippen LogP contribution in [0.4, 0.5) is 5.69 Å². The van der Waals surface area contributed by atoms with Gasteiger partial charge in [0.15, 0.2) is 0 Å². The predicted molar refractivity (Wildman–Crippen MR) is 103 cm³/mol. The van der Waals surface area contributed by atoms with Gasteiger partial charge in [0.2, 0.25) is 5.91 Å². The van der Waals surface area contributed by atoms with Gasteiger partial charge in [0.1, 0.15) is 0 Å². The number of nitrogens with one attached hydrogen (secondary N) is 2. The molecule has 0 atom stereocenters. The fourth-order valence-corrected chi connectivity index (χ4v) is 3.88. The Kier molecular flexibility index (Phi) is 6.50. The van der Waals surface area contributed by atoms with Crippen molar-refractivity contribution in [2.45, 2.75) is 57.0 Å². The second kappa shape index (κ2) is 9.03. The van der Waals surface area contributed by atoms with E-state index in [2.05, 4.69) is 15.5 Å². The molecule has 26 heavy (non-hydrogen) atoms. The predicted octanol–water partition coefficient (Wildman–Crippen LogP) is 1.79. The lowest BCUT2D eigenvalue weighted by atomic mass is 9.91. The summed E-state index contributed by atoms with van der Waals surface area (Å²) in [6.07, 6.45) is 6.46. The largest absolute Gasteiger partial charge is 0.372 e. The van der Waals surface area contributed by atoms with Crippen molar-refractivity contribution in [2.75, 3.05) is 24.5 Å². The fraction of sp³-hybridized carbons (Fsp3) is 0.600. The maximum absolute atomic E-state index is 12.5. The molecular weight excluding hydrogens is 328 g/mol. The number of anilines is 1. The van der Waals surface area contributed by atoms with E-state index in [1.165, 1.54) is 18.5 Å². The van der Waals surface area contributed by atoms with E-state index in [9.17, 15) is 9.59 Å². The molecule has 2 amide bonds. The number of hydrogen-bond acceptors (Lipinski definition) is 4. The Hall–Kier alpha value is -2.08. The van der Waals surface area contributed by atoms with Crippen LogP contribution < -0.4 is 21.3 Å². The Bertz CT molecular complexity index is 603. The third-order valence-corrected chi connectivity index (χ3v) is 5.40. The molecule has 1 aliphatic heterocycles. The normalized spacial score (nSPS) is 22.9. The number of carbonyl (C=O) groups is 2. The van der Waals surface area contributed by atoms with Crippen molar-refractivity contribution in [3.05, 3.63) is 29.8 Å². The molecule has 1 aromatic carbocycles. The van der Waals surface area contributed by atoms with Crippen molar-refractivity contribution in [3.63, 3.8) is 0 Å². The van der Waals surface area contributed by atoms with Crippen molar-refractivity contribution in [3.8, 4) is 0 Å². The van der Waals surface area contributed by atoms with Crippen molar-refractivity contribution in [2.24, 2.45) is 5.73 Å². The van der Waals surface area contributed by atoms with Gasteiger partial charge in [-0.25, -0.2) is 0 Å². The van der Waals surface area contributed by atoms with Crippen LogP contribution in [0.5, 0.6) is 0 Å². The maximum Gasteiger partial charge on any atom is 0.251 e. The van der Waals surface area contributed by atoms with Crippen LogP contribution in [0, 0.1) is 0 Å². The molecule has 0 spiro atoms. The van der Waals surface area contributed by atoms with Crippen LogP contribution in [0.2, 0.25) is 0 Å². The molecule has 1 saturated carbocycles. The summed E-state index contributed by atoms with van der Waals surface area (Å²) >= 11 is 0. The first kappa shape index (κ1) is 18.7. The lowest BCUT2D eigenvalue weighted by molar-refractivity contribution is -0.121. The molecule has 0 bridgehead atoms. The second-order valence-electron chi connectivity index (χ2n) is 7.37. The van der Waals surface area contributed by atoms with E-state index >= 15 is 0 Å². The highest BCUT2D eigenvalue weighted by atomic mass is 16.2. The quantitative estimate of drug-likeness (QED) is 0.723. The van der Waals surface area contributed by atoms with E-state index in [1.54, 1.807) is 0 Å². The number of hydrogen-bond donors (Lipinski definition) is 3. The van der Waals surface area contributed by atoms with Gasteiger partial charge < -0.3 is 21.3 Å². The molecule has 1 aromatic rings. The molecule has 3 rings (SSSR count). The van der Waals surface area contributed by atoms with Crippen LogP contribution in [0.25, 0.3) is 0 Å². The number of amides is 2. The standard InChI is InChI=1S/C20H30N4O2/c21-12-11-19(25)22-16-5-7-17(8-6-16)23-20(26)15-3-9-18(10-4-15)24-13-1-2-14-24/h3-4,9-10,16-17H,1-2,5-8,11-14,21H2,(H,22,25)(H,23,26). The van der Waals surface area contributed by atoms with Gasteiger partial charge in [0.05, 0.1) is 0 Å². The highest BCUT2D eigenvalue weighted by Gasteiger charge is 2.23. The lowest BCUT2D eigenvalue weighted by Crippen LogP contribution is -2.44. The van der Waals surface area contributed by atoms with Crippen molar-refractivity contribution in [1.29, 1.82) is 0 Å². The monoisotopic (exact) mass is 358 g/mol. The summed E-state index contributed by atoms with van der Waals surface area (Å²) in [6.45, 7) is 2.60. The van der Waals surface area contributed by atoms with Crippen LogP contribution in [0.15, 0.2) is 24.3 Å². The van der Waals surface area contributed by atoms with Crippen molar-refractivity contribution < 1.29 is 9.59 Å². The van der Waals surface area contributed by atoms with Crippen LogP contribution in [-0.2, 0) is 4.79 Å². The summed E-state index contributed by atoms with van der Waals surface area (Å²) < 4.78 is 0. The highest BCUT2D eigenvalue weighted by Crippen LogP contribution is 2.22. The van der Waals surface area contributed by atoms with Crippen molar-refractivity contribution >= 4 is 17.5 Å². The summed E-state index contributed by atoms with van der Waals surface area (Å²) in [6, 6.07) is 8.32.